The highest BCUT2D eigenvalue weighted by Gasteiger charge is 2.20. The number of aromatic nitrogens is 1. The molecule has 5 nitrogen and oxygen atoms in total. The van der Waals surface area contributed by atoms with Gasteiger partial charge in [-0.1, -0.05) is 0 Å². The normalized spacial score (nSPS) is 11.7. The molecule has 0 bridgehead atoms. The average Bonchev–Trinajstić information content (AvgIpc) is 2.43. The highest BCUT2D eigenvalue weighted by Crippen LogP contribution is 2.31. The van der Waals surface area contributed by atoms with Crippen LogP contribution in [-0.2, 0) is 10.0 Å². The van der Waals surface area contributed by atoms with Crippen LogP contribution in [0.15, 0.2) is 39.8 Å². The van der Waals surface area contributed by atoms with Crippen molar-refractivity contribution in [3.05, 3.63) is 46.6 Å². The molecule has 2 rings (SSSR count). The molecule has 0 spiro atoms. The topological polar surface area (TPSA) is 59.5 Å². The van der Waals surface area contributed by atoms with Crippen LogP contribution in [0.25, 0.3) is 0 Å². The van der Waals surface area contributed by atoms with Crippen molar-refractivity contribution in [3.8, 4) is 11.6 Å². The van der Waals surface area contributed by atoms with Gasteiger partial charge in [-0.2, -0.15) is 0 Å². The van der Waals surface area contributed by atoms with Crippen LogP contribution in [0, 0.1) is 11.6 Å². The summed E-state index contributed by atoms with van der Waals surface area (Å²) in [6.07, 6.45) is 1.09. The summed E-state index contributed by atoms with van der Waals surface area (Å²) in [6.45, 7) is 0. The quantitative estimate of drug-likeness (QED) is 0.801. The molecule has 1 aromatic carbocycles. The molecule has 118 valence electrons. The number of halogens is 3. The summed E-state index contributed by atoms with van der Waals surface area (Å²) in [5.74, 6) is -1.89. The van der Waals surface area contributed by atoms with Gasteiger partial charge in [-0.3, -0.25) is 0 Å². The predicted molar refractivity (Wildman–Crippen MR) is 79.2 cm³/mol. The molecule has 1 aromatic heterocycles. The number of pyridine rings is 1. The van der Waals surface area contributed by atoms with Crippen molar-refractivity contribution in [3.63, 3.8) is 0 Å². The predicted octanol–water partition coefficient (Wildman–Crippen LogP) is 3.16. The average molecular weight is 393 g/mol. The fourth-order valence-corrected chi connectivity index (χ4v) is 2.95. The Hall–Kier alpha value is -1.58. The van der Waals surface area contributed by atoms with E-state index in [9.17, 15) is 17.2 Å². The van der Waals surface area contributed by atoms with Crippen LogP contribution < -0.4 is 4.74 Å². The van der Waals surface area contributed by atoms with E-state index in [-0.39, 0.29) is 21.0 Å². The summed E-state index contributed by atoms with van der Waals surface area (Å²) in [5, 5.41) is 0. The molecule has 9 heteroatoms. The summed E-state index contributed by atoms with van der Waals surface area (Å²) >= 11 is 3.12. The zero-order valence-electron chi connectivity index (χ0n) is 11.5. The molecule has 0 aliphatic carbocycles. The smallest absolute Gasteiger partial charge is 0.244 e. The molecule has 0 aliphatic heterocycles. The minimum atomic E-state index is -3.64. The Morgan fingerprint density at radius 1 is 1.23 bits per heavy atom. The number of rotatable bonds is 4. The van der Waals surface area contributed by atoms with E-state index in [0.29, 0.717) is 6.07 Å². The van der Waals surface area contributed by atoms with E-state index >= 15 is 0 Å². The fraction of sp³-hybridized carbons (Fsp3) is 0.154. The molecule has 0 saturated carbocycles. The third kappa shape index (κ3) is 3.42. The van der Waals surface area contributed by atoms with Crippen molar-refractivity contribution in [2.24, 2.45) is 0 Å². The Morgan fingerprint density at radius 3 is 2.45 bits per heavy atom. The number of nitrogens with zero attached hydrogens (tertiary/aromatic N) is 2. The molecule has 0 amide bonds. The van der Waals surface area contributed by atoms with Gasteiger partial charge in [0.25, 0.3) is 0 Å². The van der Waals surface area contributed by atoms with Crippen LogP contribution in [0.3, 0.4) is 0 Å². The van der Waals surface area contributed by atoms with E-state index in [1.54, 1.807) is 0 Å². The first kappa shape index (κ1) is 16.8. The molecule has 0 saturated heterocycles. The van der Waals surface area contributed by atoms with E-state index in [0.717, 1.165) is 22.6 Å². The zero-order chi connectivity index (χ0) is 16.5. The molecular weight excluding hydrogens is 382 g/mol. The lowest BCUT2D eigenvalue weighted by molar-refractivity contribution is 0.420. The van der Waals surface area contributed by atoms with E-state index in [1.165, 1.54) is 20.2 Å². The summed E-state index contributed by atoms with van der Waals surface area (Å²) in [5.41, 5.74) is 0. The summed E-state index contributed by atoms with van der Waals surface area (Å²) < 4.78 is 56.8. The molecule has 2 aromatic rings. The standard InChI is InChI=1S/C13H11BrF2N2O3S/c1-18(2)22(19,20)9-6-10(14)13(17-7-9)21-12-4-3-8(15)5-11(12)16/h3-7H,1-2H3. The Morgan fingerprint density at radius 2 is 1.91 bits per heavy atom. The van der Waals surface area contributed by atoms with Gasteiger partial charge in [-0.25, -0.2) is 26.5 Å². The Kier molecular flexibility index (Phi) is 4.78. The maximum Gasteiger partial charge on any atom is 0.244 e. The van der Waals surface area contributed by atoms with Crippen molar-refractivity contribution >= 4 is 26.0 Å². The first-order valence-corrected chi connectivity index (χ1v) is 8.16. The SMILES string of the molecule is CN(C)S(=O)(=O)c1cnc(Oc2ccc(F)cc2F)c(Br)c1. The van der Waals surface area contributed by atoms with Gasteiger partial charge in [-0.05, 0) is 34.1 Å². The second-order valence-corrected chi connectivity index (χ2v) is 7.43. The number of ether oxygens (including phenoxy) is 1. The number of sulfonamides is 1. The van der Waals surface area contributed by atoms with Crippen molar-refractivity contribution in [1.82, 2.24) is 9.29 Å². The van der Waals surface area contributed by atoms with Gasteiger partial charge in [0.2, 0.25) is 15.9 Å². The fourth-order valence-electron chi connectivity index (χ4n) is 1.50. The van der Waals surface area contributed by atoms with Gasteiger partial charge in [0.1, 0.15) is 10.7 Å². The second kappa shape index (κ2) is 6.27. The third-order valence-corrected chi connectivity index (χ3v) is 5.01. The number of hydrogen-bond donors (Lipinski definition) is 0. The van der Waals surface area contributed by atoms with Crippen molar-refractivity contribution < 1.29 is 21.9 Å². The molecular formula is C13H11BrF2N2O3S. The zero-order valence-corrected chi connectivity index (χ0v) is 14.0. The summed E-state index contributed by atoms with van der Waals surface area (Å²) in [7, 11) is -0.860. The lowest BCUT2D eigenvalue weighted by Gasteiger charge is -2.12. The molecule has 0 radical (unpaired) electrons. The van der Waals surface area contributed by atoms with Crippen molar-refractivity contribution in [1.29, 1.82) is 0 Å². The minimum Gasteiger partial charge on any atom is -0.435 e. The summed E-state index contributed by atoms with van der Waals surface area (Å²) in [4.78, 5) is 3.81. The van der Waals surface area contributed by atoms with E-state index < -0.39 is 21.7 Å². The van der Waals surface area contributed by atoms with Crippen molar-refractivity contribution in [2.45, 2.75) is 4.90 Å². The lowest BCUT2D eigenvalue weighted by atomic mass is 10.3. The van der Waals surface area contributed by atoms with Crippen LogP contribution in [0.2, 0.25) is 0 Å². The monoisotopic (exact) mass is 392 g/mol. The first-order valence-electron chi connectivity index (χ1n) is 5.93. The van der Waals surface area contributed by atoms with E-state index in [2.05, 4.69) is 20.9 Å². The highest BCUT2D eigenvalue weighted by atomic mass is 79.9. The van der Waals surface area contributed by atoms with Crippen LogP contribution in [0.4, 0.5) is 8.78 Å². The third-order valence-electron chi connectivity index (χ3n) is 2.66. The van der Waals surface area contributed by atoms with Gasteiger partial charge < -0.3 is 4.74 Å². The largest absolute Gasteiger partial charge is 0.435 e. The maximum absolute atomic E-state index is 13.5. The van der Waals surface area contributed by atoms with Crippen LogP contribution in [0.1, 0.15) is 0 Å². The van der Waals surface area contributed by atoms with Crippen molar-refractivity contribution in [2.75, 3.05) is 14.1 Å². The van der Waals surface area contributed by atoms with Crippen LogP contribution in [0.5, 0.6) is 11.6 Å². The molecule has 1 heterocycles. The molecule has 0 unspecified atom stereocenters. The summed E-state index contributed by atoms with van der Waals surface area (Å²) in [6, 6.07) is 4.12. The Labute approximate surface area is 134 Å². The lowest BCUT2D eigenvalue weighted by Crippen LogP contribution is -2.22. The van der Waals surface area contributed by atoms with Gasteiger partial charge in [0, 0.05) is 20.2 Å². The van der Waals surface area contributed by atoms with Gasteiger partial charge in [0.05, 0.1) is 10.7 Å². The van der Waals surface area contributed by atoms with Crippen LogP contribution >= 0.6 is 15.9 Å². The van der Waals surface area contributed by atoms with E-state index in [4.69, 9.17) is 4.74 Å². The van der Waals surface area contributed by atoms with Crippen LogP contribution in [-0.4, -0.2) is 31.8 Å². The van der Waals surface area contributed by atoms with Gasteiger partial charge in [-0.15, -0.1) is 0 Å². The molecule has 0 fully saturated rings. The molecule has 0 aliphatic rings. The van der Waals surface area contributed by atoms with Gasteiger partial charge in [0.15, 0.2) is 11.6 Å². The Bertz CT molecular complexity index is 813. The van der Waals surface area contributed by atoms with Gasteiger partial charge >= 0.3 is 0 Å². The Balaban J connectivity index is 2.35. The molecule has 0 N–H and O–H groups in total. The highest BCUT2D eigenvalue weighted by molar-refractivity contribution is 9.10. The number of hydrogen-bond acceptors (Lipinski definition) is 4. The first-order chi connectivity index (χ1) is 10.2. The van der Waals surface area contributed by atoms with E-state index in [1.807, 2.05) is 0 Å². The second-order valence-electron chi connectivity index (χ2n) is 4.42. The molecule has 0 atom stereocenters. The molecule has 22 heavy (non-hydrogen) atoms. The number of benzene rings is 1. The maximum atomic E-state index is 13.5. The minimum absolute atomic E-state index is 0.0387.